The molecule has 0 spiro atoms. The number of nitrogens with two attached hydrogens (primary N) is 1. The number of nitrogens with zero attached hydrogens (tertiary/aromatic N) is 1. The van der Waals surface area contributed by atoms with Gasteiger partial charge in [0, 0.05) is 30.2 Å². The zero-order chi connectivity index (χ0) is 17.1. The van der Waals surface area contributed by atoms with Crippen LogP contribution < -0.4 is 16.6 Å². The van der Waals surface area contributed by atoms with Gasteiger partial charge in [-0.15, -0.1) is 0 Å². The standard InChI is InChI=1S/C17H18N4O3/c18-17(24)21-6-1-2-13(16(21)23)15-9-12-8-11(10-19-5-7-22)3-4-14(12)20-15/h1-4,6,8-9,19-20,22H,5,7,10H2,(H2,18,24). The smallest absolute Gasteiger partial charge is 0.325 e. The minimum absolute atomic E-state index is 0.0939. The SMILES string of the molecule is NC(=O)n1cccc(-c2cc3cc(CNCCO)ccc3[nH]2)c1=O. The molecule has 2 heterocycles. The lowest BCUT2D eigenvalue weighted by molar-refractivity contribution is 0.249. The number of carbonyl (C=O) groups excluding carboxylic acids is 1. The summed E-state index contributed by atoms with van der Waals surface area (Å²) in [5.41, 5.74) is 7.73. The van der Waals surface area contributed by atoms with Crippen LogP contribution >= 0.6 is 0 Å². The topological polar surface area (TPSA) is 113 Å². The van der Waals surface area contributed by atoms with Crippen LogP contribution in [0.2, 0.25) is 0 Å². The summed E-state index contributed by atoms with van der Waals surface area (Å²) in [6.07, 6.45) is 1.35. The van der Waals surface area contributed by atoms with Crippen LogP contribution in [0.1, 0.15) is 5.56 Å². The third kappa shape index (κ3) is 3.08. The second-order valence-corrected chi connectivity index (χ2v) is 5.44. The normalized spacial score (nSPS) is 11.0. The van der Waals surface area contributed by atoms with Crippen molar-refractivity contribution >= 4 is 16.9 Å². The van der Waals surface area contributed by atoms with E-state index >= 15 is 0 Å². The van der Waals surface area contributed by atoms with Crippen molar-refractivity contribution in [1.29, 1.82) is 0 Å². The molecule has 0 saturated heterocycles. The van der Waals surface area contributed by atoms with Crippen molar-refractivity contribution in [3.63, 3.8) is 0 Å². The molecule has 2 aromatic heterocycles. The van der Waals surface area contributed by atoms with Crippen LogP contribution in [0.3, 0.4) is 0 Å². The highest BCUT2D eigenvalue weighted by Crippen LogP contribution is 2.23. The van der Waals surface area contributed by atoms with Gasteiger partial charge in [0.05, 0.1) is 17.9 Å². The molecule has 3 aromatic rings. The van der Waals surface area contributed by atoms with Crippen LogP contribution in [-0.4, -0.2) is 33.8 Å². The molecule has 124 valence electrons. The van der Waals surface area contributed by atoms with Crippen LogP contribution in [0.5, 0.6) is 0 Å². The van der Waals surface area contributed by atoms with E-state index in [4.69, 9.17) is 10.8 Å². The molecule has 0 aliphatic carbocycles. The Morgan fingerprint density at radius 2 is 2.12 bits per heavy atom. The van der Waals surface area contributed by atoms with Gasteiger partial charge in [-0.2, -0.15) is 0 Å². The van der Waals surface area contributed by atoms with Gasteiger partial charge in [-0.1, -0.05) is 6.07 Å². The third-order valence-corrected chi connectivity index (χ3v) is 3.78. The van der Waals surface area contributed by atoms with E-state index < -0.39 is 11.6 Å². The molecule has 5 N–H and O–H groups in total. The number of amides is 1. The Morgan fingerprint density at radius 1 is 1.29 bits per heavy atom. The number of H-pyrrole nitrogens is 1. The Balaban J connectivity index is 1.98. The summed E-state index contributed by atoms with van der Waals surface area (Å²) < 4.78 is 0.880. The highest BCUT2D eigenvalue weighted by molar-refractivity contribution is 5.86. The van der Waals surface area contributed by atoms with Crippen LogP contribution in [0.25, 0.3) is 22.2 Å². The molecule has 7 nitrogen and oxygen atoms in total. The number of pyridine rings is 1. The molecular weight excluding hydrogens is 308 g/mol. The van der Waals surface area contributed by atoms with Gasteiger partial charge in [-0.3, -0.25) is 4.79 Å². The largest absolute Gasteiger partial charge is 0.395 e. The zero-order valence-corrected chi connectivity index (χ0v) is 13.0. The first-order chi connectivity index (χ1) is 11.6. The van der Waals surface area contributed by atoms with Crippen molar-refractivity contribution in [2.45, 2.75) is 6.54 Å². The first-order valence-electron chi connectivity index (χ1n) is 7.55. The Labute approximate surface area is 137 Å². The second-order valence-electron chi connectivity index (χ2n) is 5.44. The van der Waals surface area contributed by atoms with E-state index in [9.17, 15) is 9.59 Å². The first-order valence-corrected chi connectivity index (χ1v) is 7.55. The fourth-order valence-electron chi connectivity index (χ4n) is 2.62. The maximum Gasteiger partial charge on any atom is 0.325 e. The molecule has 0 saturated carbocycles. The lowest BCUT2D eigenvalue weighted by Crippen LogP contribution is -2.31. The number of rotatable bonds is 5. The molecule has 1 amide bonds. The summed E-state index contributed by atoms with van der Waals surface area (Å²) >= 11 is 0. The predicted octanol–water partition coefficient (Wildman–Crippen LogP) is 1.01. The van der Waals surface area contributed by atoms with E-state index in [0.717, 1.165) is 21.0 Å². The van der Waals surface area contributed by atoms with Crippen LogP contribution in [-0.2, 0) is 6.54 Å². The number of nitrogens with one attached hydrogen (secondary N) is 2. The van der Waals surface area contributed by atoms with Crippen molar-refractivity contribution in [3.8, 4) is 11.3 Å². The molecule has 0 unspecified atom stereocenters. The van der Waals surface area contributed by atoms with E-state index in [1.165, 1.54) is 6.20 Å². The summed E-state index contributed by atoms with van der Waals surface area (Å²) in [5.74, 6) is 0. The second kappa shape index (κ2) is 6.69. The number of hydrogen-bond donors (Lipinski definition) is 4. The van der Waals surface area contributed by atoms with Gasteiger partial charge >= 0.3 is 6.03 Å². The number of aliphatic hydroxyl groups is 1. The van der Waals surface area contributed by atoms with Gasteiger partial charge in [-0.05, 0) is 35.9 Å². The number of benzene rings is 1. The predicted molar refractivity (Wildman–Crippen MR) is 91.8 cm³/mol. The van der Waals surface area contributed by atoms with Crippen LogP contribution in [0.4, 0.5) is 4.79 Å². The highest BCUT2D eigenvalue weighted by Gasteiger charge is 2.11. The first kappa shape index (κ1) is 16.0. The molecule has 7 heteroatoms. The van der Waals surface area contributed by atoms with E-state index in [1.54, 1.807) is 12.1 Å². The fraction of sp³-hybridized carbons (Fsp3) is 0.176. The van der Waals surface area contributed by atoms with Crippen LogP contribution in [0.15, 0.2) is 47.4 Å². The monoisotopic (exact) mass is 326 g/mol. The Hall–Kier alpha value is -2.90. The van der Waals surface area contributed by atoms with E-state index in [0.29, 0.717) is 24.3 Å². The fourth-order valence-corrected chi connectivity index (χ4v) is 2.62. The molecule has 0 radical (unpaired) electrons. The van der Waals surface area contributed by atoms with Crippen molar-refractivity contribution in [2.24, 2.45) is 5.73 Å². The van der Waals surface area contributed by atoms with Gasteiger partial charge in [0.25, 0.3) is 5.56 Å². The van der Waals surface area contributed by atoms with Gasteiger partial charge in [0.15, 0.2) is 0 Å². The maximum atomic E-state index is 12.3. The van der Waals surface area contributed by atoms with Crippen molar-refractivity contribution in [3.05, 3.63) is 58.5 Å². The van der Waals surface area contributed by atoms with Gasteiger partial charge in [0.2, 0.25) is 0 Å². The number of primary amides is 1. The molecule has 1 aromatic carbocycles. The average molecular weight is 326 g/mol. The number of aromatic nitrogens is 2. The van der Waals surface area contributed by atoms with Crippen molar-refractivity contribution in [2.75, 3.05) is 13.2 Å². The summed E-state index contributed by atoms with van der Waals surface area (Å²) in [5, 5.41) is 12.9. The Kier molecular flexibility index (Phi) is 4.45. The summed E-state index contributed by atoms with van der Waals surface area (Å²) in [7, 11) is 0. The molecule has 0 atom stereocenters. The molecule has 0 bridgehead atoms. The minimum atomic E-state index is -0.810. The van der Waals surface area contributed by atoms with E-state index in [1.807, 2.05) is 24.3 Å². The Morgan fingerprint density at radius 3 is 2.88 bits per heavy atom. The molecule has 3 rings (SSSR count). The number of fused-ring (bicyclic) bond motifs is 1. The van der Waals surface area contributed by atoms with Crippen LogP contribution in [0, 0.1) is 0 Å². The summed E-state index contributed by atoms with van der Waals surface area (Å²) in [6, 6.07) is 10.2. The average Bonchev–Trinajstić information content (AvgIpc) is 2.98. The minimum Gasteiger partial charge on any atom is -0.395 e. The van der Waals surface area contributed by atoms with Gasteiger partial charge in [0.1, 0.15) is 0 Å². The lowest BCUT2D eigenvalue weighted by atomic mass is 10.1. The summed E-state index contributed by atoms with van der Waals surface area (Å²) in [4.78, 5) is 26.8. The van der Waals surface area contributed by atoms with E-state index in [2.05, 4.69) is 10.3 Å². The molecule has 0 fully saturated rings. The van der Waals surface area contributed by atoms with Gasteiger partial charge in [-0.25, -0.2) is 9.36 Å². The van der Waals surface area contributed by atoms with Crippen molar-refractivity contribution < 1.29 is 9.90 Å². The third-order valence-electron chi connectivity index (χ3n) is 3.78. The quantitative estimate of drug-likeness (QED) is 0.524. The lowest BCUT2D eigenvalue weighted by Gasteiger charge is -2.02. The molecular formula is C17H18N4O3. The Bertz CT molecular complexity index is 942. The molecule has 0 aliphatic heterocycles. The van der Waals surface area contributed by atoms with Gasteiger partial charge < -0.3 is 21.1 Å². The number of aliphatic hydroxyl groups excluding tert-OH is 1. The summed E-state index contributed by atoms with van der Waals surface area (Å²) in [6.45, 7) is 1.28. The highest BCUT2D eigenvalue weighted by atomic mass is 16.3. The number of aromatic amines is 1. The number of carbonyl (C=O) groups is 1. The number of hydrogen-bond acceptors (Lipinski definition) is 4. The molecule has 24 heavy (non-hydrogen) atoms. The molecule has 0 aliphatic rings. The maximum absolute atomic E-state index is 12.3. The van der Waals surface area contributed by atoms with E-state index in [-0.39, 0.29) is 6.61 Å². The van der Waals surface area contributed by atoms with Crippen molar-refractivity contribution in [1.82, 2.24) is 14.9 Å². The zero-order valence-electron chi connectivity index (χ0n) is 13.0.